The van der Waals surface area contributed by atoms with Crippen molar-refractivity contribution >= 4 is 0 Å². The van der Waals surface area contributed by atoms with Crippen LogP contribution in [0.1, 0.15) is 23.9 Å². The van der Waals surface area contributed by atoms with Crippen molar-refractivity contribution in [2.75, 3.05) is 0 Å². The first-order valence-electron chi connectivity index (χ1n) is 5.31. The van der Waals surface area contributed by atoms with Gasteiger partial charge in [-0.05, 0) is 12.3 Å². The summed E-state index contributed by atoms with van der Waals surface area (Å²) < 4.78 is 76.8. The molecule has 2 nitrogen and oxygen atoms in total. The number of aromatic nitrogens is 2. The van der Waals surface area contributed by atoms with Crippen molar-refractivity contribution < 1.29 is 26.3 Å². The first-order valence-corrected chi connectivity index (χ1v) is 5.31. The van der Waals surface area contributed by atoms with Gasteiger partial charge in [-0.15, -0.1) is 6.58 Å². The summed E-state index contributed by atoms with van der Waals surface area (Å²) in [4.78, 5) is 0. The van der Waals surface area contributed by atoms with Crippen LogP contribution in [0.5, 0.6) is 0 Å². The van der Waals surface area contributed by atoms with E-state index in [1.807, 2.05) is 0 Å². The van der Waals surface area contributed by atoms with Gasteiger partial charge < -0.3 is 0 Å². The van der Waals surface area contributed by atoms with Gasteiger partial charge in [-0.3, -0.25) is 4.68 Å². The Bertz CT molecular complexity index is 469. The maximum Gasteiger partial charge on any atom is 0.435 e. The maximum absolute atomic E-state index is 12.8. The Labute approximate surface area is 105 Å². The minimum absolute atomic E-state index is 0.230. The molecule has 1 atom stereocenters. The summed E-state index contributed by atoms with van der Waals surface area (Å²) in [5.41, 5.74) is -3.69. The van der Waals surface area contributed by atoms with E-state index in [1.165, 1.54) is 13.0 Å². The molecule has 0 saturated heterocycles. The van der Waals surface area contributed by atoms with E-state index < -0.39 is 41.6 Å². The van der Waals surface area contributed by atoms with E-state index in [-0.39, 0.29) is 4.68 Å². The monoisotopic (exact) mass is 286 g/mol. The number of aryl methyl sites for hydroxylation is 1. The normalized spacial score (nSPS) is 14.5. The van der Waals surface area contributed by atoms with Gasteiger partial charge in [0.1, 0.15) is 5.69 Å². The smallest absolute Gasteiger partial charge is 0.263 e. The molecule has 1 aromatic heterocycles. The first-order chi connectivity index (χ1) is 8.48. The lowest BCUT2D eigenvalue weighted by Crippen LogP contribution is -2.16. The second kappa shape index (κ2) is 4.90. The summed E-state index contributed by atoms with van der Waals surface area (Å²) >= 11 is 0. The molecule has 1 rings (SSSR count). The minimum atomic E-state index is -4.92. The number of hydrogen-bond donors (Lipinski definition) is 0. The van der Waals surface area contributed by atoms with Crippen LogP contribution in [-0.4, -0.2) is 9.78 Å². The second-order valence-electron chi connectivity index (χ2n) is 4.21. The van der Waals surface area contributed by atoms with Crippen molar-refractivity contribution in [3.8, 4) is 0 Å². The molecule has 1 aromatic rings. The van der Waals surface area contributed by atoms with Crippen LogP contribution < -0.4 is 0 Å². The Balaban J connectivity index is 3.47. The van der Waals surface area contributed by atoms with Crippen LogP contribution in [-0.2, 0) is 25.8 Å². The predicted octanol–water partition coefficient (Wildman–Crippen LogP) is 3.82. The van der Waals surface area contributed by atoms with Gasteiger partial charge in [0.05, 0.1) is 0 Å². The van der Waals surface area contributed by atoms with E-state index in [2.05, 4.69) is 11.7 Å². The molecule has 0 fully saturated rings. The third-order valence-corrected chi connectivity index (χ3v) is 2.61. The molecule has 0 aliphatic heterocycles. The molecule has 0 saturated carbocycles. The highest BCUT2D eigenvalue weighted by molar-refractivity contribution is 5.31. The lowest BCUT2D eigenvalue weighted by atomic mass is 9.98. The summed E-state index contributed by atoms with van der Waals surface area (Å²) in [5.74, 6) is -0.522. The largest absolute Gasteiger partial charge is 0.435 e. The molecular formula is C11H12F6N2. The summed E-state index contributed by atoms with van der Waals surface area (Å²) in [6.45, 7) is 4.84. The highest BCUT2D eigenvalue weighted by atomic mass is 19.4. The van der Waals surface area contributed by atoms with Gasteiger partial charge in [0.15, 0.2) is 5.69 Å². The first kappa shape index (κ1) is 15.6. The number of halogens is 6. The van der Waals surface area contributed by atoms with Gasteiger partial charge in [-0.2, -0.15) is 31.4 Å². The molecule has 19 heavy (non-hydrogen) atoms. The molecule has 0 bridgehead atoms. The van der Waals surface area contributed by atoms with Gasteiger partial charge in [-0.25, -0.2) is 0 Å². The summed E-state index contributed by atoms with van der Waals surface area (Å²) in [6, 6.07) is 0. The third kappa shape index (κ3) is 3.30. The molecule has 8 heteroatoms. The zero-order valence-corrected chi connectivity index (χ0v) is 10.2. The number of rotatable bonds is 3. The van der Waals surface area contributed by atoms with Crippen molar-refractivity contribution in [1.82, 2.24) is 9.78 Å². The summed E-state index contributed by atoms with van der Waals surface area (Å²) in [5, 5.41) is 2.97. The van der Waals surface area contributed by atoms with E-state index in [9.17, 15) is 26.3 Å². The SMILES string of the molecule is C=CC(C)Cc1c(C(F)(F)F)nn(C)c1C(F)(F)F. The number of nitrogens with zero attached hydrogens (tertiary/aromatic N) is 2. The average Bonchev–Trinajstić information content (AvgIpc) is 2.54. The summed E-state index contributed by atoms with van der Waals surface area (Å²) in [7, 11) is 0.847. The molecule has 0 N–H and O–H groups in total. The Morgan fingerprint density at radius 1 is 1.21 bits per heavy atom. The molecule has 0 spiro atoms. The van der Waals surface area contributed by atoms with E-state index in [0.29, 0.717) is 0 Å². The fraction of sp³-hybridized carbons (Fsp3) is 0.545. The van der Waals surface area contributed by atoms with E-state index >= 15 is 0 Å². The quantitative estimate of drug-likeness (QED) is 0.610. The van der Waals surface area contributed by atoms with Crippen LogP contribution in [0, 0.1) is 5.92 Å². The molecule has 0 aliphatic carbocycles. The molecular weight excluding hydrogens is 274 g/mol. The van der Waals surface area contributed by atoms with Crippen LogP contribution in [0.2, 0.25) is 0 Å². The fourth-order valence-electron chi connectivity index (χ4n) is 1.75. The Morgan fingerprint density at radius 2 is 1.74 bits per heavy atom. The lowest BCUT2D eigenvalue weighted by Gasteiger charge is -2.13. The zero-order valence-electron chi connectivity index (χ0n) is 10.2. The van der Waals surface area contributed by atoms with Gasteiger partial charge in [0, 0.05) is 12.6 Å². The van der Waals surface area contributed by atoms with Crippen molar-refractivity contribution in [1.29, 1.82) is 0 Å². The summed E-state index contributed by atoms with van der Waals surface area (Å²) in [6.07, 6.45) is -8.92. The Kier molecular flexibility index (Phi) is 4.02. The zero-order chi connectivity index (χ0) is 15.0. The van der Waals surface area contributed by atoms with Crippen LogP contribution in [0.4, 0.5) is 26.3 Å². The average molecular weight is 286 g/mol. The molecule has 0 radical (unpaired) electrons. The number of alkyl halides is 6. The van der Waals surface area contributed by atoms with Gasteiger partial charge >= 0.3 is 12.4 Å². The van der Waals surface area contributed by atoms with Crippen molar-refractivity contribution in [2.24, 2.45) is 13.0 Å². The van der Waals surface area contributed by atoms with E-state index in [0.717, 1.165) is 7.05 Å². The van der Waals surface area contributed by atoms with Crippen molar-refractivity contribution in [3.63, 3.8) is 0 Å². The van der Waals surface area contributed by atoms with Gasteiger partial charge in [0.25, 0.3) is 0 Å². The molecule has 108 valence electrons. The molecule has 0 amide bonds. The van der Waals surface area contributed by atoms with Gasteiger partial charge in [-0.1, -0.05) is 13.0 Å². The van der Waals surface area contributed by atoms with Crippen LogP contribution >= 0.6 is 0 Å². The van der Waals surface area contributed by atoms with E-state index in [4.69, 9.17) is 0 Å². The predicted molar refractivity (Wildman–Crippen MR) is 56.3 cm³/mol. The topological polar surface area (TPSA) is 17.8 Å². The maximum atomic E-state index is 12.8. The number of allylic oxidation sites excluding steroid dienone is 1. The fourth-order valence-corrected chi connectivity index (χ4v) is 1.75. The minimum Gasteiger partial charge on any atom is -0.263 e. The molecule has 1 unspecified atom stereocenters. The van der Waals surface area contributed by atoms with E-state index in [1.54, 1.807) is 0 Å². The Morgan fingerprint density at radius 3 is 2.11 bits per heavy atom. The van der Waals surface area contributed by atoms with Crippen LogP contribution in [0.3, 0.4) is 0 Å². The van der Waals surface area contributed by atoms with Gasteiger partial charge in [0.2, 0.25) is 0 Å². The molecule has 1 heterocycles. The lowest BCUT2D eigenvalue weighted by molar-refractivity contribution is -0.145. The second-order valence-corrected chi connectivity index (χ2v) is 4.21. The Hall–Kier alpha value is -1.47. The van der Waals surface area contributed by atoms with Crippen molar-refractivity contribution in [2.45, 2.75) is 25.7 Å². The standard InChI is InChI=1S/C11H12F6N2/c1-4-6(2)5-7-8(10(12,13)14)18-19(3)9(7)11(15,16)17/h4,6H,1,5H2,2-3H3. The van der Waals surface area contributed by atoms with Crippen LogP contribution in [0.15, 0.2) is 12.7 Å². The third-order valence-electron chi connectivity index (χ3n) is 2.61. The van der Waals surface area contributed by atoms with Crippen molar-refractivity contribution in [3.05, 3.63) is 29.6 Å². The van der Waals surface area contributed by atoms with Crippen LogP contribution in [0.25, 0.3) is 0 Å². The molecule has 0 aliphatic rings. The highest BCUT2D eigenvalue weighted by Gasteiger charge is 2.45. The highest BCUT2D eigenvalue weighted by Crippen LogP contribution is 2.39. The molecule has 0 aromatic carbocycles. The number of hydrogen-bond acceptors (Lipinski definition) is 1.